The number of nitrogens with zero attached hydrogens (tertiary/aromatic N) is 1. The van der Waals surface area contributed by atoms with Gasteiger partial charge in [0.2, 0.25) is 0 Å². The number of hydrogen-bond donors (Lipinski definition) is 2. The van der Waals surface area contributed by atoms with E-state index in [9.17, 15) is 9.59 Å². The van der Waals surface area contributed by atoms with E-state index in [0.29, 0.717) is 5.13 Å². The first kappa shape index (κ1) is 13.6. The molecule has 0 radical (unpaired) electrons. The quantitative estimate of drug-likeness (QED) is 0.765. The number of carboxylic acids is 1. The maximum Gasteiger partial charge on any atom is 0.356 e. The number of thiazole rings is 1. The Hall–Kier alpha value is -1.43. The lowest BCUT2D eigenvalue weighted by Crippen LogP contribution is -2.14. The summed E-state index contributed by atoms with van der Waals surface area (Å²) in [5.74, 6) is -1.43. The molecule has 0 spiro atoms. The molecule has 0 aliphatic heterocycles. The molecule has 0 aliphatic carbocycles. The van der Waals surface area contributed by atoms with E-state index < -0.39 is 5.97 Å². The van der Waals surface area contributed by atoms with Gasteiger partial charge in [0, 0.05) is 13.0 Å². The van der Waals surface area contributed by atoms with Gasteiger partial charge in [-0.3, -0.25) is 4.79 Å². The number of rotatable bonds is 6. The highest BCUT2D eigenvalue weighted by atomic mass is 32.1. The van der Waals surface area contributed by atoms with Gasteiger partial charge in [0.15, 0.2) is 16.6 Å². The predicted molar refractivity (Wildman–Crippen MR) is 67.1 cm³/mol. The Balaban J connectivity index is 2.92. The maximum atomic E-state index is 11.3. The lowest BCUT2D eigenvalue weighted by atomic mass is 10.2. The fourth-order valence-corrected chi connectivity index (χ4v) is 2.45. The first-order valence-corrected chi connectivity index (χ1v) is 6.29. The summed E-state index contributed by atoms with van der Waals surface area (Å²) in [4.78, 5) is 26.3. The zero-order chi connectivity index (χ0) is 13.0. The van der Waals surface area contributed by atoms with E-state index in [0.717, 1.165) is 24.2 Å². The van der Waals surface area contributed by atoms with Gasteiger partial charge in [-0.15, -0.1) is 0 Å². The Morgan fingerprint density at radius 1 is 1.53 bits per heavy atom. The molecule has 1 heterocycles. The van der Waals surface area contributed by atoms with Crippen LogP contribution in [0, 0.1) is 0 Å². The summed E-state index contributed by atoms with van der Waals surface area (Å²) in [6.45, 7) is 5.42. The van der Waals surface area contributed by atoms with Crippen LogP contribution >= 0.6 is 11.3 Å². The standard InChI is InChI=1S/C11H16N2O3S/c1-4-5-6(2)12-11-13-8(10(15)16)9(17-11)7(3)14/h6H,4-5H2,1-3H3,(H,12,13)(H,15,16). The molecule has 1 rings (SSSR count). The van der Waals surface area contributed by atoms with Crippen molar-refractivity contribution in [2.45, 2.75) is 39.7 Å². The number of carbonyl (C=O) groups is 2. The third-order valence-electron chi connectivity index (χ3n) is 2.24. The third-order valence-corrected chi connectivity index (χ3v) is 3.33. The molecular formula is C11H16N2O3S. The van der Waals surface area contributed by atoms with Crippen LogP contribution in [0.15, 0.2) is 0 Å². The monoisotopic (exact) mass is 256 g/mol. The van der Waals surface area contributed by atoms with E-state index in [4.69, 9.17) is 5.11 Å². The maximum absolute atomic E-state index is 11.3. The van der Waals surface area contributed by atoms with Crippen LogP contribution in [-0.2, 0) is 0 Å². The molecule has 6 heteroatoms. The molecule has 1 atom stereocenters. The third kappa shape index (κ3) is 3.52. The van der Waals surface area contributed by atoms with Gasteiger partial charge in [-0.05, 0) is 13.3 Å². The minimum Gasteiger partial charge on any atom is -0.476 e. The molecule has 0 aliphatic rings. The van der Waals surface area contributed by atoms with Crippen molar-refractivity contribution in [2.24, 2.45) is 0 Å². The first-order valence-electron chi connectivity index (χ1n) is 5.47. The van der Waals surface area contributed by atoms with Crippen molar-refractivity contribution in [1.29, 1.82) is 0 Å². The summed E-state index contributed by atoms with van der Waals surface area (Å²) >= 11 is 1.10. The SMILES string of the molecule is CCCC(C)Nc1nc(C(=O)O)c(C(C)=O)s1. The van der Waals surface area contributed by atoms with Crippen molar-refractivity contribution >= 4 is 28.2 Å². The Morgan fingerprint density at radius 3 is 2.59 bits per heavy atom. The van der Waals surface area contributed by atoms with Crippen molar-refractivity contribution in [2.75, 3.05) is 5.32 Å². The average molecular weight is 256 g/mol. The number of carboxylic acid groups (broad SMARTS) is 1. The molecule has 5 nitrogen and oxygen atoms in total. The molecule has 94 valence electrons. The highest BCUT2D eigenvalue weighted by Crippen LogP contribution is 2.24. The van der Waals surface area contributed by atoms with E-state index in [1.54, 1.807) is 0 Å². The van der Waals surface area contributed by atoms with Gasteiger partial charge in [-0.1, -0.05) is 24.7 Å². The minimum absolute atomic E-state index is 0.159. The Morgan fingerprint density at radius 2 is 2.18 bits per heavy atom. The molecule has 0 aromatic carbocycles. The topological polar surface area (TPSA) is 79.3 Å². The number of hydrogen-bond acceptors (Lipinski definition) is 5. The lowest BCUT2D eigenvalue weighted by Gasteiger charge is -2.10. The number of anilines is 1. The van der Waals surface area contributed by atoms with Gasteiger partial charge in [-0.25, -0.2) is 9.78 Å². The Bertz CT molecular complexity index is 397. The highest BCUT2D eigenvalue weighted by Gasteiger charge is 2.20. The van der Waals surface area contributed by atoms with E-state index in [2.05, 4.69) is 17.2 Å². The summed E-state index contributed by atoms with van der Waals surface area (Å²) in [5.41, 5.74) is -0.159. The van der Waals surface area contributed by atoms with Crippen molar-refractivity contribution in [3.05, 3.63) is 10.6 Å². The molecule has 0 amide bonds. The second kappa shape index (κ2) is 5.77. The summed E-state index contributed by atoms with van der Waals surface area (Å²) in [5, 5.41) is 12.5. The Kier molecular flexibility index (Phi) is 4.62. The van der Waals surface area contributed by atoms with Gasteiger partial charge >= 0.3 is 5.97 Å². The summed E-state index contributed by atoms with van der Waals surface area (Å²) in [7, 11) is 0. The highest BCUT2D eigenvalue weighted by molar-refractivity contribution is 7.17. The smallest absolute Gasteiger partial charge is 0.356 e. The van der Waals surface area contributed by atoms with Crippen LogP contribution in [0.4, 0.5) is 5.13 Å². The van der Waals surface area contributed by atoms with E-state index in [1.165, 1.54) is 6.92 Å². The minimum atomic E-state index is -1.16. The van der Waals surface area contributed by atoms with Crippen LogP contribution in [0.25, 0.3) is 0 Å². The van der Waals surface area contributed by atoms with Crippen molar-refractivity contribution < 1.29 is 14.7 Å². The molecule has 1 unspecified atom stereocenters. The fraction of sp³-hybridized carbons (Fsp3) is 0.545. The van der Waals surface area contributed by atoms with Gasteiger partial charge in [-0.2, -0.15) is 0 Å². The van der Waals surface area contributed by atoms with E-state index in [-0.39, 0.29) is 22.4 Å². The molecule has 17 heavy (non-hydrogen) atoms. The Labute approximate surface area is 104 Å². The summed E-state index contributed by atoms with van der Waals surface area (Å²) in [6, 6.07) is 0.215. The van der Waals surface area contributed by atoms with Gasteiger partial charge in [0.1, 0.15) is 4.88 Å². The lowest BCUT2D eigenvalue weighted by molar-refractivity contribution is 0.0687. The number of Topliss-reactive ketones (excluding diaryl/α,β-unsaturated/α-hetero) is 1. The second-order valence-electron chi connectivity index (χ2n) is 3.89. The molecule has 1 aromatic rings. The summed E-state index contributed by atoms with van der Waals surface area (Å²) in [6.07, 6.45) is 2.00. The molecular weight excluding hydrogens is 240 g/mol. The average Bonchev–Trinajstić information content (AvgIpc) is 2.62. The zero-order valence-electron chi connectivity index (χ0n) is 10.1. The molecule has 0 bridgehead atoms. The number of aromatic carboxylic acids is 1. The van der Waals surface area contributed by atoms with Crippen LogP contribution < -0.4 is 5.32 Å². The predicted octanol–water partition coefficient (Wildman–Crippen LogP) is 2.64. The fourth-order valence-electron chi connectivity index (χ4n) is 1.48. The number of nitrogens with one attached hydrogen (secondary N) is 1. The molecule has 2 N–H and O–H groups in total. The number of carbonyl (C=O) groups excluding carboxylic acids is 1. The van der Waals surface area contributed by atoms with E-state index in [1.807, 2.05) is 6.92 Å². The first-order chi connectivity index (χ1) is 7.95. The van der Waals surface area contributed by atoms with Crippen LogP contribution in [-0.4, -0.2) is 27.9 Å². The van der Waals surface area contributed by atoms with Crippen molar-refractivity contribution in [3.63, 3.8) is 0 Å². The van der Waals surface area contributed by atoms with Gasteiger partial charge in [0.05, 0.1) is 0 Å². The zero-order valence-corrected chi connectivity index (χ0v) is 10.9. The van der Waals surface area contributed by atoms with Crippen LogP contribution in [0.2, 0.25) is 0 Å². The number of ketones is 1. The normalized spacial score (nSPS) is 12.2. The molecule has 0 fully saturated rings. The van der Waals surface area contributed by atoms with Crippen LogP contribution in [0.5, 0.6) is 0 Å². The van der Waals surface area contributed by atoms with Crippen LogP contribution in [0.3, 0.4) is 0 Å². The summed E-state index contributed by atoms with van der Waals surface area (Å²) < 4.78 is 0. The van der Waals surface area contributed by atoms with Gasteiger partial charge in [0.25, 0.3) is 0 Å². The second-order valence-corrected chi connectivity index (χ2v) is 4.89. The largest absolute Gasteiger partial charge is 0.476 e. The molecule has 0 saturated heterocycles. The van der Waals surface area contributed by atoms with E-state index >= 15 is 0 Å². The molecule has 1 aromatic heterocycles. The van der Waals surface area contributed by atoms with Crippen molar-refractivity contribution in [3.8, 4) is 0 Å². The number of aromatic nitrogens is 1. The molecule has 0 saturated carbocycles. The van der Waals surface area contributed by atoms with Crippen molar-refractivity contribution in [1.82, 2.24) is 4.98 Å². The van der Waals surface area contributed by atoms with Gasteiger partial charge < -0.3 is 10.4 Å². The van der Waals surface area contributed by atoms with Crippen LogP contribution in [0.1, 0.15) is 53.8 Å².